The van der Waals surface area contributed by atoms with Crippen molar-refractivity contribution < 1.29 is 4.79 Å². The molecule has 0 radical (unpaired) electrons. The highest BCUT2D eigenvalue weighted by molar-refractivity contribution is 5.93. The molecular formula is C17H24N4O. The number of amides is 1. The van der Waals surface area contributed by atoms with Crippen molar-refractivity contribution in [3.05, 3.63) is 29.6 Å². The van der Waals surface area contributed by atoms with Crippen LogP contribution < -0.4 is 5.32 Å². The van der Waals surface area contributed by atoms with E-state index in [0.717, 1.165) is 38.9 Å². The molecule has 1 amide bonds. The van der Waals surface area contributed by atoms with Gasteiger partial charge < -0.3 is 10.2 Å². The van der Waals surface area contributed by atoms with Gasteiger partial charge in [0, 0.05) is 32.0 Å². The number of anilines is 1. The minimum atomic E-state index is 0.0522. The van der Waals surface area contributed by atoms with Gasteiger partial charge in [-0.05, 0) is 44.9 Å². The molecule has 118 valence electrons. The van der Waals surface area contributed by atoms with Crippen LogP contribution in [0.15, 0.2) is 24.0 Å². The Bertz CT molecular complexity index is 532. The second-order valence-corrected chi connectivity index (χ2v) is 6.08. The Morgan fingerprint density at radius 2 is 1.91 bits per heavy atom. The van der Waals surface area contributed by atoms with Crippen molar-refractivity contribution >= 4 is 11.9 Å². The van der Waals surface area contributed by atoms with Crippen LogP contribution in [0.25, 0.3) is 0 Å². The molecule has 2 aliphatic rings. The molecule has 1 aliphatic heterocycles. The van der Waals surface area contributed by atoms with E-state index in [1.165, 1.54) is 25.7 Å². The maximum absolute atomic E-state index is 12.2. The van der Waals surface area contributed by atoms with E-state index in [1.54, 1.807) is 18.0 Å². The second-order valence-electron chi connectivity index (χ2n) is 6.08. The summed E-state index contributed by atoms with van der Waals surface area (Å²) in [5, 5.41) is 3.24. The Labute approximate surface area is 131 Å². The lowest BCUT2D eigenvalue weighted by Crippen LogP contribution is -2.27. The summed E-state index contributed by atoms with van der Waals surface area (Å²) in [6.07, 6.45) is 14.0. The lowest BCUT2D eigenvalue weighted by molar-refractivity contribution is 0.0792. The molecular weight excluding hydrogens is 276 g/mol. The first kappa shape index (κ1) is 15.0. The first-order valence-corrected chi connectivity index (χ1v) is 8.36. The summed E-state index contributed by atoms with van der Waals surface area (Å²) in [6, 6.07) is 0. The molecule has 5 heteroatoms. The van der Waals surface area contributed by atoms with E-state index in [0.29, 0.717) is 11.5 Å². The molecule has 0 atom stereocenters. The number of nitrogens with one attached hydrogen (secondary N) is 1. The average Bonchev–Trinajstić information content (AvgIpc) is 3.10. The quantitative estimate of drug-likeness (QED) is 0.849. The summed E-state index contributed by atoms with van der Waals surface area (Å²) >= 11 is 0. The second kappa shape index (κ2) is 7.38. The third-order valence-corrected chi connectivity index (χ3v) is 4.41. The fraction of sp³-hybridized carbons (Fsp3) is 0.588. The smallest absolute Gasteiger partial charge is 0.256 e. The number of hydrogen-bond acceptors (Lipinski definition) is 4. The molecule has 22 heavy (non-hydrogen) atoms. The molecule has 1 aromatic rings. The van der Waals surface area contributed by atoms with E-state index in [-0.39, 0.29) is 5.91 Å². The molecule has 0 spiro atoms. The normalized spacial score (nSPS) is 18.2. The largest absolute Gasteiger partial charge is 0.354 e. The molecule has 1 aromatic heterocycles. The van der Waals surface area contributed by atoms with Crippen LogP contribution in [-0.2, 0) is 0 Å². The zero-order chi connectivity index (χ0) is 15.2. The monoisotopic (exact) mass is 300 g/mol. The van der Waals surface area contributed by atoms with E-state index in [4.69, 9.17) is 0 Å². The van der Waals surface area contributed by atoms with E-state index >= 15 is 0 Å². The fourth-order valence-electron chi connectivity index (χ4n) is 3.10. The van der Waals surface area contributed by atoms with Gasteiger partial charge in [0.05, 0.1) is 5.56 Å². The van der Waals surface area contributed by atoms with Gasteiger partial charge in [0.1, 0.15) is 0 Å². The first-order valence-electron chi connectivity index (χ1n) is 8.36. The number of nitrogens with zero attached hydrogens (tertiary/aromatic N) is 3. The molecule has 3 rings (SSSR count). The molecule has 1 N–H and O–H groups in total. The van der Waals surface area contributed by atoms with Gasteiger partial charge >= 0.3 is 0 Å². The number of aromatic nitrogens is 2. The topological polar surface area (TPSA) is 58.1 Å². The predicted octanol–water partition coefficient (Wildman–Crippen LogP) is 3.02. The molecule has 0 aromatic carbocycles. The highest BCUT2D eigenvalue weighted by atomic mass is 16.2. The zero-order valence-electron chi connectivity index (χ0n) is 13.1. The number of allylic oxidation sites excluding steroid dienone is 1. The van der Waals surface area contributed by atoms with E-state index < -0.39 is 0 Å². The standard InChI is InChI=1S/C17H24N4O/c22-16(21-10-4-5-11-21)15-12-19-17(20-13-15)18-9-8-14-6-2-1-3-7-14/h6,12-13H,1-5,7-11H2,(H,18,19,20). The summed E-state index contributed by atoms with van der Waals surface area (Å²) in [6.45, 7) is 2.56. The number of carbonyl (C=O) groups is 1. The van der Waals surface area contributed by atoms with Crippen molar-refractivity contribution in [2.75, 3.05) is 25.0 Å². The molecule has 1 aliphatic carbocycles. The van der Waals surface area contributed by atoms with Gasteiger partial charge in [-0.3, -0.25) is 4.79 Å². The summed E-state index contributed by atoms with van der Waals surface area (Å²) < 4.78 is 0. The maximum atomic E-state index is 12.2. The van der Waals surface area contributed by atoms with Crippen LogP contribution in [0.2, 0.25) is 0 Å². The maximum Gasteiger partial charge on any atom is 0.256 e. The van der Waals surface area contributed by atoms with E-state index in [9.17, 15) is 4.79 Å². The molecule has 1 fully saturated rings. The molecule has 0 bridgehead atoms. The van der Waals surface area contributed by atoms with Crippen molar-refractivity contribution in [3.63, 3.8) is 0 Å². The Balaban J connectivity index is 1.48. The van der Waals surface area contributed by atoms with Gasteiger partial charge in [0.15, 0.2) is 0 Å². The predicted molar refractivity (Wildman–Crippen MR) is 86.8 cm³/mol. The Morgan fingerprint density at radius 3 is 2.59 bits per heavy atom. The Kier molecular flexibility index (Phi) is 5.03. The lowest BCUT2D eigenvalue weighted by Gasteiger charge is -2.15. The Morgan fingerprint density at radius 1 is 1.14 bits per heavy atom. The molecule has 0 unspecified atom stereocenters. The van der Waals surface area contributed by atoms with Crippen molar-refractivity contribution in [1.29, 1.82) is 0 Å². The van der Waals surface area contributed by atoms with Gasteiger partial charge in [-0.25, -0.2) is 9.97 Å². The lowest BCUT2D eigenvalue weighted by atomic mass is 9.97. The van der Waals surface area contributed by atoms with Crippen LogP contribution in [-0.4, -0.2) is 40.4 Å². The summed E-state index contributed by atoms with van der Waals surface area (Å²) in [5.74, 6) is 0.658. The number of likely N-dealkylation sites (tertiary alicyclic amines) is 1. The first-order chi connectivity index (χ1) is 10.8. The van der Waals surface area contributed by atoms with Crippen LogP contribution in [0.3, 0.4) is 0 Å². The number of carbonyl (C=O) groups excluding carboxylic acids is 1. The van der Waals surface area contributed by atoms with Gasteiger partial charge in [-0.2, -0.15) is 0 Å². The Hall–Kier alpha value is -1.91. The van der Waals surface area contributed by atoms with Gasteiger partial charge in [-0.1, -0.05) is 11.6 Å². The SMILES string of the molecule is O=C(c1cnc(NCCC2=CCCCC2)nc1)N1CCCC1. The van der Waals surface area contributed by atoms with E-state index in [1.807, 2.05) is 4.90 Å². The molecule has 2 heterocycles. The number of rotatable bonds is 5. The van der Waals surface area contributed by atoms with Crippen molar-refractivity contribution in [3.8, 4) is 0 Å². The minimum Gasteiger partial charge on any atom is -0.354 e. The van der Waals surface area contributed by atoms with Crippen molar-refractivity contribution in [2.24, 2.45) is 0 Å². The highest BCUT2D eigenvalue weighted by Gasteiger charge is 2.19. The summed E-state index contributed by atoms with van der Waals surface area (Å²) in [7, 11) is 0. The third kappa shape index (κ3) is 3.84. The molecule has 5 nitrogen and oxygen atoms in total. The van der Waals surface area contributed by atoms with Crippen LogP contribution in [0.1, 0.15) is 55.3 Å². The van der Waals surface area contributed by atoms with Crippen molar-refractivity contribution in [2.45, 2.75) is 44.9 Å². The van der Waals surface area contributed by atoms with Gasteiger partial charge in [0.25, 0.3) is 5.91 Å². The molecule has 1 saturated heterocycles. The average molecular weight is 300 g/mol. The highest BCUT2D eigenvalue weighted by Crippen LogP contribution is 2.19. The van der Waals surface area contributed by atoms with Gasteiger partial charge in [0.2, 0.25) is 5.95 Å². The fourth-order valence-corrected chi connectivity index (χ4v) is 3.10. The summed E-state index contributed by atoms with van der Waals surface area (Å²) in [4.78, 5) is 22.6. The van der Waals surface area contributed by atoms with Crippen LogP contribution in [0, 0.1) is 0 Å². The zero-order valence-corrected chi connectivity index (χ0v) is 13.1. The van der Waals surface area contributed by atoms with Crippen LogP contribution in [0.4, 0.5) is 5.95 Å². The number of hydrogen-bond donors (Lipinski definition) is 1. The summed E-state index contributed by atoms with van der Waals surface area (Å²) in [5.41, 5.74) is 2.13. The molecule has 0 saturated carbocycles. The van der Waals surface area contributed by atoms with E-state index in [2.05, 4.69) is 21.4 Å². The minimum absolute atomic E-state index is 0.0522. The van der Waals surface area contributed by atoms with Crippen LogP contribution >= 0.6 is 0 Å². The van der Waals surface area contributed by atoms with Gasteiger partial charge in [-0.15, -0.1) is 0 Å². The third-order valence-electron chi connectivity index (χ3n) is 4.41. The van der Waals surface area contributed by atoms with Crippen LogP contribution in [0.5, 0.6) is 0 Å². The van der Waals surface area contributed by atoms with Crippen molar-refractivity contribution in [1.82, 2.24) is 14.9 Å².